The molecule has 1 aliphatic heterocycles. The molecule has 0 saturated carbocycles. The Morgan fingerprint density at radius 1 is 1.18 bits per heavy atom. The largest absolute Gasteiger partial charge is 0.272 e. The lowest BCUT2D eigenvalue weighted by atomic mass is 9.86. The molecule has 1 saturated heterocycles. The number of benzene rings is 1. The second kappa shape index (κ2) is 6.20. The van der Waals surface area contributed by atoms with Crippen LogP contribution in [-0.2, 0) is 0 Å². The van der Waals surface area contributed by atoms with Crippen LogP contribution in [0.3, 0.4) is 0 Å². The first-order valence-electron chi connectivity index (χ1n) is 7.21. The highest BCUT2D eigenvalue weighted by molar-refractivity contribution is 7.99. The summed E-state index contributed by atoms with van der Waals surface area (Å²) in [5.74, 6) is 0.641. The van der Waals surface area contributed by atoms with Crippen molar-refractivity contribution >= 4 is 11.8 Å². The summed E-state index contributed by atoms with van der Waals surface area (Å²) in [4.78, 5) is 12.3. The van der Waals surface area contributed by atoms with Gasteiger partial charge in [0.2, 0.25) is 0 Å². The van der Waals surface area contributed by atoms with Gasteiger partial charge in [0.05, 0.1) is 16.8 Å². The highest BCUT2D eigenvalue weighted by atomic mass is 32.2. The van der Waals surface area contributed by atoms with Gasteiger partial charge in [-0.15, -0.1) is 0 Å². The summed E-state index contributed by atoms with van der Waals surface area (Å²) in [7, 11) is 0. The number of nitrogens with zero attached hydrogens (tertiary/aromatic N) is 1. The molecule has 2 aromatic rings. The minimum atomic E-state index is -0.720. The molecule has 1 aromatic carbocycles. The third-order valence-electron chi connectivity index (χ3n) is 4.05. The summed E-state index contributed by atoms with van der Waals surface area (Å²) in [5.41, 5.74) is 0.632. The molecule has 3 nitrogen and oxygen atoms in total. The number of rotatable bonds is 2. The third-order valence-corrected chi connectivity index (χ3v) is 5.10. The maximum atomic E-state index is 14.2. The quantitative estimate of drug-likeness (QED) is 0.918. The van der Waals surface area contributed by atoms with Gasteiger partial charge in [-0.25, -0.2) is 13.9 Å². The molecule has 1 aromatic heterocycles. The Bertz CT molecular complexity index is 734. The molecular weight excluding hydrogens is 306 g/mol. The van der Waals surface area contributed by atoms with Crippen LogP contribution in [-0.4, -0.2) is 21.7 Å². The van der Waals surface area contributed by atoms with Crippen LogP contribution in [0, 0.1) is 18.6 Å². The molecule has 1 N–H and O–H groups in total. The van der Waals surface area contributed by atoms with Crippen molar-refractivity contribution in [2.75, 3.05) is 11.5 Å². The maximum Gasteiger partial charge on any atom is 0.272 e. The molecule has 6 heteroatoms. The second-order valence-corrected chi connectivity index (χ2v) is 6.63. The van der Waals surface area contributed by atoms with E-state index in [9.17, 15) is 13.6 Å². The highest BCUT2D eigenvalue weighted by Gasteiger charge is 2.27. The topological polar surface area (TPSA) is 45.8 Å². The standard InChI is InChI=1S/C16H16F2N2OS/c1-9-13(10-5-7-22-8-6-10)15(16(21)20-19-9)14-11(17)3-2-4-12(14)18/h2-4,10H,5-8H2,1H3,(H,20,21). The van der Waals surface area contributed by atoms with Crippen LogP contribution in [0.4, 0.5) is 8.78 Å². The van der Waals surface area contributed by atoms with Crippen LogP contribution in [0.5, 0.6) is 0 Å². The number of thioether (sulfide) groups is 1. The zero-order valence-corrected chi connectivity index (χ0v) is 13.0. The molecule has 22 heavy (non-hydrogen) atoms. The predicted molar refractivity (Wildman–Crippen MR) is 84.2 cm³/mol. The van der Waals surface area contributed by atoms with Gasteiger partial charge in [0.1, 0.15) is 11.6 Å². The van der Waals surface area contributed by atoms with E-state index in [4.69, 9.17) is 0 Å². The third kappa shape index (κ3) is 2.67. The van der Waals surface area contributed by atoms with Crippen molar-refractivity contribution in [3.05, 3.63) is 51.4 Å². The van der Waals surface area contributed by atoms with Gasteiger partial charge in [0, 0.05) is 0 Å². The number of hydrogen-bond acceptors (Lipinski definition) is 3. The summed E-state index contributed by atoms with van der Waals surface area (Å²) in [6.07, 6.45) is 1.78. The van der Waals surface area contributed by atoms with E-state index in [1.165, 1.54) is 18.2 Å². The van der Waals surface area contributed by atoms with Gasteiger partial charge in [0.15, 0.2) is 0 Å². The fourth-order valence-corrected chi connectivity index (χ4v) is 4.13. The molecule has 1 fully saturated rings. The molecule has 0 bridgehead atoms. The van der Waals surface area contributed by atoms with Crippen LogP contribution < -0.4 is 5.56 Å². The van der Waals surface area contributed by atoms with E-state index in [0.29, 0.717) is 11.3 Å². The zero-order valence-electron chi connectivity index (χ0n) is 12.2. The van der Waals surface area contributed by atoms with Gasteiger partial charge in [0.25, 0.3) is 5.56 Å². The summed E-state index contributed by atoms with van der Waals surface area (Å²) in [6, 6.07) is 3.65. The van der Waals surface area contributed by atoms with E-state index in [2.05, 4.69) is 10.2 Å². The lowest BCUT2D eigenvalue weighted by Crippen LogP contribution is -2.21. The van der Waals surface area contributed by atoms with Crippen molar-refractivity contribution < 1.29 is 8.78 Å². The molecule has 0 amide bonds. The molecular formula is C16H16F2N2OS. The van der Waals surface area contributed by atoms with Gasteiger partial charge in [-0.1, -0.05) is 6.07 Å². The van der Waals surface area contributed by atoms with Gasteiger partial charge in [-0.3, -0.25) is 4.79 Å². The normalized spacial score (nSPS) is 16.0. The summed E-state index contributed by atoms with van der Waals surface area (Å²) < 4.78 is 28.4. The van der Waals surface area contributed by atoms with Crippen LogP contribution in [0.2, 0.25) is 0 Å². The molecule has 3 rings (SSSR count). The van der Waals surface area contributed by atoms with E-state index in [1.54, 1.807) is 6.92 Å². The van der Waals surface area contributed by atoms with Crippen LogP contribution in [0.15, 0.2) is 23.0 Å². The van der Waals surface area contributed by atoms with E-state index < -0.39 is 17.2 Å². The van der Waals surface area contributed by atoms with Gasteiger partial charge in [-0.2, -0.15) is 16.9 Å². The fraction of sp³-hybridized carbons (Fsp3) is 0.375. The first kappa shape index (κ1) is 15.2. The number of aromatic amines is 1. The number of nitrogens with one attached hydrogen (secondary N) is 1. The minimum absolute atomic E-state index is 0.0972. The van der Waals surface area contributed by atoms with Gasteiger partial charge in [-0.05, 0) is 54.9 Å². The molecule has 0 unspecified atom stereocenters. The Morgan fingerprint density at radius 3 is 2.45 bits per heavy atom. The Hall–Kier alpha value is -1.69. The van der Waals surface area contributed by atoms with Crippen LogP contribution in [0.25, 0.3) is 11.1 Å². The number of aryl methyl sites for hydroxylation is 1. The average Bonchev–Trinajstić information content (AvgIpc) is 2.51. The first-order valence-corrected chi connectivity index (χ1v) is 8.36. The smallest absolute Gasteiger partial charge is 0.267 e. The Balaban J connectivity index is 2.27. The van der Waals surface area contributed by atoms with Gasteiger partial charge < -0.3 is 0 Å². The lowest BCUT2D eigenvalue weighted by molar-refractivity contribution is 0.585. The monoisotopic (exact) mass is 322 g/mol. The van der Waals surface area contributed by atoms with Crippen molar-refractivity contribution in [2.24, 2.45) is 0 Å². The Morgan fingerprint density at radius 2 is 1.82 bits per heavy atom. The summed E-state index contributed by atoms with van der Waals surface area (Å²) in [5, 5.41) is 6.37. The van der Waals surface area contributed by atoms with E-state index >= 15 is 0 Å². The predicted octanol–water partition coefficient (Wildman–Crippen LogP) is 3.63. The SMILES string of the molecule is Cc1n[nH]c(=O)c(-c2c(F)cccc2F)c1C1CCSCC1. The molecule has 2 heterocycles. The van der Waals surface area contributed by atoms with E-state index in [1.807, 2.05) is 11.8 Å². The maximum absolute atomic E-state index is 14.2. The van der Waals surface area contributed by atoms with Gasteiger partial charge >= 0.3 is 0 Å². The number of halogens is 2. The minimum Gasteiger partial charge on any atom is -0.267 e. The second-order valence-electron chi connectivity index (χ2n) is 5.41. The Kier molecular flexibility index (Phi) is 4.29. The van der Waals surface area contributed by atoms with Crippen molar-refractivity contribution in [1.29, 1.82) is 0 Å². The average molecular weight is 322 g/mol. The highest BCUT2D eigenvalue weighted by Crippen LogP contribution is 2.38. The summed E-state index contributed by atoms with van der Waals surface area (Å²) in [6.45, 7) is 1.77. The zero-order chi connectivity index (χ0) is 15.7. The molecule has 1 aliphatic rings. The van der Waals surface area contributed by atoms with Crippen molar-refractivity contribution in [2.45, 2.75) is 25.7 Å². The van der Waals surface area contributed by atoms with E-state index in [-0.39, 0.29) is 17.0 Å². The molecule has 0 radical (unpaired) electrons. The van der Waals surface area contributed by atoms with Crippen molar-refractivity contribution in [1.82, 2.24) is 10.2 Å². The molecule has 0 spiro atoms. The first-order chi connectivity index (χ1) is 10.6. The fourth-order valence-electron chi connectivity index (χ4n) is 3.02. The molecule has 116 valence electrons. The number of aromatic nitrogens is 2. The number of hydrogen-bond donors (Lipinski definition) is 1. The van der Waals surface area contributed by atoms with E-state index in [0.717, 1.165) is 24.3 Å². The molecule has 0 atom stereocenters. The van der Waals surface area contributed by atoms with Crippen molar-refractivity contribution in [3.8, 4) is 11.1 Å². The number of H-pyrrole nitrogens is 1. The van der Waals surface area contributed by atoms with Crippen LogP contribution in [0.1, 0.15) is 30.0 Å². The summed E-state index contributed by atoms with van der Waals surface area (Å²) >= 11 is 1.86. The van der Waals surface area contributed by atoms with Crippen molar-refractivity contribution in [3.63, 3.8) is 0 Å². The Labute approximate surface area is 131 Å². The lowest BCUT2D eigenvalue weighted by Gasteiger charge is -2.25. The van der Waals surface area contributed by atoms with Crippen LogP contribution >= 0.6 is 11.8 Å². The molecule has 0 aliphatic carbocycles.